The molecule has 1 heterocycles. The topological polar surface area (TPSA) is 52.7 Å². The number of anilines is 1. The van der Waals surface area contributed by atoms with Gasteiger partial charge < -0.3 is 10.2 Å². The van der Waals surface area contributed by atoms with Crippen LogP contribution in [0.15, 0.2) is 48.5 Å². The Balaban J connectivity index is 1.39. The van der Waals surface area contributed by atoms with Crippen molar-refractivity contribution in [2.24, 2.45) is 0 Å². The minimum atomic E-state index is 0.0425. The summed E-state index contributed by atoms with van der Waals surface area (Å²) >= 11 is 0. The molecular formula is C27H35N3O2. The molecule has 0 saturated carbocycles. The highest BCUT2D eigenvalue weighted by molar-refractivity contribution is 5.93. The second-order valence-electron chi connectivity index (χ2n) is 9.14. The Hall–Kier alpha value is -2.66. The number of carbonyl (C=O) groups excluding carboxylic acids is 2. The van der Waals surface area contributed by atoms with Crippen LogP contribution in [0, 0.1) is 0 Å². The largest absolute Gasteiger partial charge is 0.350 e. The van der Waals surface area contributed by atoms with Crippen LogP contribution in [0.1, 0.15) is 68.7 Å². The number of aryl methyl sites for hydroxylation is 1. The minimum Gasteiger partial charge on any atom is -0.350 e. The number of nitrogens with zero attached hydrogens (tertiary/aromatic N) is 2. The molecule has 5 nitrogen and oxygen atoms in total. The molecule has 0 spiro atoms. The first kappa shape index (κ1) is 22.5. The molecule has 1 saturated heterocycles. The molecule has 1 aliphatic heterocycles. The van der Waals surface area contributed by atoms with E-state index in [9.17, 15) is 9.59 Å². The number of fused-ring (bicyclic) bond motifs is 1. The first-order valence-electron chi connectivity index (χ1n) is 12.0. The average molecular weight is 434 g/mol. The van der Waals surface area contributed by atoms with Crippen molar-refractivity contribution >= 4 is 17.5 Å². The van der Waals surface area contributed by atoms with Gasteiger partial charge in [-0.25, -0.2) is 0 Å². The highest BCUT2D eigenvalue weighted by Crippen LogP contribution is 2.31. The Morgan fingerprint density at radius 3 is 2.50 bits per heavy atom. The predicted molar refractivity (Wildman–Crippen MR) is 128 cm³/mol. The fourth-order valence-corrected chi connectivity index (χ4v) is 5.27. The lowest BCUT2D eigenvalue weighted by atomic mass is 9.86. The Labute approximate surface area is 191 Å². The smallest absolute Gasteiger partial charge is 0.226 e. The Kier molecular flexibility index (Phi) is 7.26. The van der Waals surface area contributed by atoms with Crippen molar-refractivity contribution in [3.05, 3.63) is 65.2 Å². The molecule has 170 valence electrons. The Bertz CT molecular complexity index is 935. The average Bonchev–Trinajstić information content (AvgIpc) is 2.80. The van der Waals surface area contributed by atoms with Crippen LogP contribution in [0.4, 0.5) is 5.69 Å². The highest BCUT2D eigenvalue weighted by atomic mass is 16.2. The number of para-hydroxylation sites is 1. The van der Waals surface area contributed by atoms with Crippen LogP contribution < -0.4 is 10.2 Å². The number of benzene rings is 2. The zero-order valence-electron chi connectivity index (χ0n) is 19.3. The maximum atomic E-state index is 12.7. The van der Waals surface area contributed by atoms with Crippen LogP contribution in [-0.4, -0.2) is 35.8 Å². The van der Waals surface area contributed by atoms with Gasteiger partial charge in [0.15, 0.2) is 0 Å². The summed E-state index contributed by atoms with van der Waals surface area (Å²) in [6, 6.07) is 17.3. The predicted octanol–water partition coefficient (Wildman–Crippen LogP) is 4.61. The highest BCUT2D eigenvalue weighted by Gasteiger charge is 2.28. The van der Waals surface area contributed by atoms with E-state index in [1.807, 2.05) is 42.2 Å². The lowest BCUT2D eigenvalue weighted by Crippen LogP contribution is -2.47. The summed E-state index contributed by atoms with van der Waals surface area (Å²) in [6.45, 7) is 6.48. The minimum absolute atomic E-state index is 0.0425. The van der Waals surface area contributed by atoms with Crippen LogP contribution in [0.5, 0.6) is 0 Å². The van der Waals surface area contributed by atoms with Gasteiger partial charge >= 0.3 is 0 Å². The summed E-state index contributed by atoms with van der Waals surface area (Å²) in [5.41, 5.74) is 5.02. The number of amides is 2. The molecule has 4 rings (SSSR count). The van der Waals surface area contributed by atoms with Gasteiger partial charge in [-0.05, 0) is 60.9 Å². The molecule has 1 atom stereocenters. The van der Waals surface area contributed by atoms with Gasteiger partial charge in [-0.15, -0.1) is 0 Å². The third-order valence-electron chi connectivity index (χ3n) is 6.83. The van der Waals surface area contributed by atoms with E-state index in [4.69, 9.17) is 0 Å². The molecule has 2 aromatic carbocycles. The standard InChI is InChI=1S/C27H35N3O2/c1-3-27(32)30(23-9-5-4-6-10-23)24-14-16-29(17-15-24)19-21-12-13-25-22(18-21)8-7-11-26(25)28-20(2)31/h4-6,9-10,12-13,18,24,26H,3,7-8,11,14-17,19H2,1-2H3,(H,28,31)/t26-/m1/s1. The third-order valence-corrected chi connectivity index (χ3v) is 6.83. The Morgan fingerprint density at radius 1 is 1.06 bits per heavy atom. The second kappa shape index (κ2) is 10.3. The first-order valence-corrected chi connectivity index (χ1v) is 12.0. The molecule has 2 aromatic rings. The summed E-state index contributed by atoms with van der Waals surface area (Å²) in [4.78, 5) is 28.8. The fraction of sp³-hybridized carbons (Fsp3) is 0.481. The maximum Gasteiger partial charge on any atom is 0.226 e. The van der Waals surface area contributed by atoms with E-state index < -0.39 is 0 Å². The summed E-state index contributed by atoms with van der Waals surface area (Å²) < 4.78 is 0. The third kappa shape index (κ3) is 5.21. The molecule has 0 unspecified atom stereocenters. The molecule has 1 fully saturated rings. The van der Waals surface area contributed by atoms with Crippen molar-refractivity contribution in [1.29, 1.82) is 0 Å². The molecule has 32 heavy (non-hydrogen) atoms. The number of rotatable bonds is 6. The van der Waals surface area contributed by atoms with Crippen LogP contribution >= 0.6 is 0 Å². The van der Waals surface area contributed by atoms with Gasteiger partial charge in [0.25, 0.3) is 0 Å². The molecule has 5 heteroatoms. The van der Waals surface area contributed by atoms with Crippen molar-refractivity contribution in [2.75, 3.05) is 18.0 Å². The van der Waals surface area contributed by atoms with E-state index >= 15 is 0 Å². The first-order chi connectivity index (χ1) is 15.5. The summed E-state index contributed by atoms with van der Waals surface area (Å²) in [5, 5.41) is 3.10. The van der Waals surface area contributed by atoms with Gasteiger partial charge in [-0.3, -0.25) is 14.5 Å². The van der Waals surface area contributed by atoms with Gasteiger partial charge in [-0.1, -0.05) is 43.3 Å². The van der Waals surface area contributed by atoms with E-state index in [0.717, 1.165) is 57.4 Å². The van der Waals surface area contributed by atoms with Gasteiger partial charge in [0.05, 0.1) is 6.04 Å². The van der Waals surface area contributed by atoms with E-state index in [1.54, 1.807) is 6.92 Å². The molecule has 1 aliphatic carbocycles. The molecule has 2 aliphatic rings. The van der Waals surface area contributed by atoms with Crippen LogP contribution in [-0.2, 0) is 22.6 Å². The number of carbonyl (C=O) groups is 2. The van der Waals surface area contributed by atoms with E-state index in [1.165, 1.54) is 16.7 Å². The molecule has 2 amide bonds. The molecular weight excluding hydrogens is 398 g/mol. The lowest BCUT2D eigenvalue weighted by Gasteiger charge is -2.38. The monoisotopic (exact) mass is 433 g/mol. The van der Waals surface area contributed by atoms with E-state index in [0.29, 0.717) is 6.42 Å². The number of hydrogen-bond donors (Lipinski definition) is 1. The maximum absolute atomic E-state index is 12.7. The number of piperidine rings is 1. The van der Waals surface area contributed by atoms with Crippen molar-refractivity contribution < 1.29 is 9.59 Å². The Morgan fingerprint density at radius 2 is 1.81 bits per heavy atom. The van der Waals surface area contributed by atoms with Gasteiger partial charge in [0.1, 0.15) is 0 Å². The quantitative estimate of drug-likeness (QED) is 0.724. The summed E-state index contributed by atoms with van der Waals surface area (Å²) in [7, 11) is 0. The van der Waals surface area contributed by atoms with Crippen molar-refractivity contribution in [1.82, 2.24) is 10.2 Å². The SMILES string of the molecule is CCC(=O)N(c1ccccc1)C1CCN(Cc2ccc3c(c2)CCC[C@H]3NC(C)=O)CC1. The number of hydrogen-bond acceptors (Lipinski definition) is 3. The molecule has 0 bridgehead atoms. The van der Waals surface area contributed by atoms with Crippen LogP contribution in [0.2, 0.25) is 0 Å². The van der Waals surface area contributed by atoms with Crippen LogP contribution in [0.25, 0.3) is 0 Å². The van der Waals surface area contributed by atoms with E-state index in [-0.39, 0.29) is 23.9 Å². The van der Waals surface area contributed by atoms with Crippen molar-refractivity contribution in [3.8, 4) is 0 Å². The van der Waals surface area contributed by atoms with Crippen molar-refractivity contribution in [3.63, 3.8) is 0 Å². The lowest BCUT2D eigenvalue weighted by molar-refractivity contribution is -0.120. The van der Waals surface area contributed by atoms with Crippen molar-refractivity contribution in [2.45, 2.75) is 71.0 Å². The number of likely N-dealkylation sites (tertiary alicyclic amines) is 1. The van der Waals surface area contributed by atoms with E-state index in [2.05, 4.69) is 28.4 Å². The summed E-state index contributed by atoms with van der Waals surface area (Å²) in [5.74, 6) is 0.249. The molecule has 0 radical (unpaired) electrons. The molecule has 0 aromatic heterocycles. The number of nitrogens with one attached hydrogen (secondary N) is 1. The zero-order valence-corrected chi connectivity index (χ0v) is 19.3. The fourth-order valence-electron chi connectivity index (χ4n) is 5.27. The second-order valence-corrected chi connectivity index (χ2v) is 9.14. The van der Waals surface area contributed by atoms with Gasteiger partial charge in [-0.2, -0.15) is 0 Å². The normalized spacial score (nSPS) is 19.2. The molecule has 1 N–H and O–H groups in total. The van der Waals surface area contributed by atoms with Gasteiger partial charge in [0.2, 0.25) is 11.8 Å². The van der Waals surface area contributed by atoms with Gasteiger partial charge in [0, 0.05) is 44.7 Å². The summed E-state index contributed by atoms with van der Waals surface area (Å²) in [6.07, 6.45) is 5.75. The van der Waals surface area contributed by atoms with Crippen LogP contribution in [0.3, 0.4) is 0 Å². The zero-order chi connectivity index (χ0) is 22.5.